The minimum atomic E-state index is -4.58. The zero-order chi connectivity index (χ0) is 16.9. The molecule has 0 aliphatic heterocycles. The lowest BCUT2D eigenvalue weighted by atomic mass is 10.2. The predicted octanol–water partition coefficient (Wildman–Crippen LogP) is 3.63. The van der Waals surface area contributed by atoms with Crippen molar-refractivity contribution in [3.05, 3.63) is 60.6 Å². The number of carbonyl (C=O) groups excluding carboxylic acids is 1. The lowest BCUT2D eigenvalue weighted by Gasteiger charge is -2.08. The maximum Gasteiger partial charge on any atom is 0.433 e. The van der Waals surface area contributed by atoms with Gasteiger partial charge in [-0.15, -0.1) is 0 Å². The number of hydrogen-bond donors (Lipinski definition) is 0. The van der Waals surface area contributed by atoms with Crippen LogP contribution in [-0.4, -0.2) is 22.5 Å². The molecule has 23 heavy (non-hydrogen) atoms. The molecule has 1 aromatic carbocycles. The fourth-order valence-corrected chi connectivity index (χ4v) is 1.55. The maximum absolute atomic E-state index is 12.5. The van der Waals surface area contributed by atoms with Crippen LogP contribution >= 0.6 is 0 Å². The average Bonchev–Trinajstić information content (AvgIpc) is 2.53. The third-order valence-corrected chi connectivity index (χ3v) is 2.58. The van der Waals surface area contributed by atoms with Crippen molar-refractivity contribution in [1.82, 2.24) is 9.97 Å². The Bertz CT molecular complexity index is 700. The molecule has 1 heterocycles. The molecule has 0 N–H and O–H groups in total. The Morgan fingerprint density at radius 2 is 1.91 bits per heavy atom. The second kappa shape index (κ2) is 6.91. The van der Waals surface area contributed by atoms with Gasteiger partial charge in [0.1, 0.15) is 18.7 Å². The fraction of sp³-hybridized carbons (Fsp3) is 0.133. The van der Waals surface area contributed by atoms with Gasteiger partial charge in [-0.25, -0.2) is 14.8 Å². The molecular formula is C15H11F3N2O3. The fourth-order valence-electron chi connectivity index (χ4n) is 1.55. The van der Waals surface area contributed by atoms with E-state index in [1.54, 1.807) is 0 Å². The van der Waals surface area contributed by atoms with Crippen LogP contribution in [-0.2, 0) is 10.9 Å². The number of aromatic nitrogens is 2. The predicted molar refractivity (Wildman–Crippen MR) is 74.0 cm³/mol. The first kappa shape index (κ1) is 16.5. The molecule has 0 unspecified atom stereocenters. The molecule has 0 saturated heterocycles. The van der Waals surface area contributed by atoms with E-state index >= 15 is 0 Å². The number of benzene rings is 1. The molecule has 0 saturated carbocycles. The van der Waals surface area contributed by atoms with Crippen LogP contribution in [0.2, 0.25) is 0 Å². The summed E-state index contributed by atoms with van der Waals surface area (Å²) >= 11 is 0. The molecule has 0 bridgehead atoms. The van der Waals surface area contributed by atoms with E-state index in [4.69, 9.17) is 9.47 Å². The highest BCUT2D eigenvalue weighted by molar-refractivity contribution is 5.89. The Balaban J connectivity index is 2.09. The zero-order valence-corrected chi connectivity index (χ0v) is 11.7. The Morgan fingerprint density at radius 1 is 1.22 bits per heavy atom. The summed E-state index contributed by atoms with van der Waals surface area (Å²) in [6.07, 6.45) is -2.39. The maximum atomic E-state index is 12.5. The minimum absolute atomic E-state index is 0.0816. The highest BCUT2D eigenvalue weighted by Crippen LogP contribution is 2.29. The highest BCUT2D eigenvalue weighted by atomic mass is 19.4. The summed E-state index contributed by atoms with van der Waals surface area (Å²) in [5, 5.41) is 0. The third kappa shape index (κ3) is 4.53. The molecular weight excluding hydrogens is 313 g/mol. The molecule has 0 aliphatic rings. The van der Waals surface area contributed by atoms with Gasteiger partial charge in [0.05, 0.1) is 5.56 Å². The second-order valence-electron chi connectivity index (χ2n) is 4.25. The number of rotatable bonds is 5. The first-order chi connectivity index (χ1) is 10.9. The van der Waals surface area contributed by atoms with Gasteiger partial charge >= 0.3 is 12.1 Å². The quantitative estimate of drug-likeness (QED) is 0.621. The summed E-state index contributed by atoms with van der Waals surface area (Å²) in [7, 11) is 0. The van der Waals surface area contributed by atoms with Gasteiger partial charge in [-0.1, -0.05) is 12.7 Å². The summed E-state index contributed by atoms with van der Waals surface area (Å²) in [6, 6.07) is 6.37. The van der Waals surface area contributed by atoms with E-state index in [-0.39, 0.29) is 23.8 Å². The van der Waals surface area contributed by atoms with Crippen LogP contribution in [0.4, 0.5) is 13.2 Å². The molecule has 0 fully saturated rings. The SMILES string of the molecule is C=CCOC(=O)c1ccc(Oc2cc(C(F)(F)F)ncn2)cc1. The van der Waals surface area contributed by atoms with E-state index in [1.807, 2.05) is 0 Å². The monoisotopic (exact) mass is 324 g/mol. The number of ether oxygens (including phenoxy) is 2. The Hall–Kier alpha value is -2.90. The van der Waals surface area contributed by atoms with Crippen LogP contribution in [0.1, 0.15) is 16.1 Å². The second-order valence-corrected chi connectivity index (χ2v) is 4.25. The standard InChI is InChI=1S/C15H11F3N2O3/c1-2-7-22-14(21)10-3-5-11(6-4-10)23-13-8-12(15(16,17)18)19-9-20-13/h2-6,8-9H,1,7H2. The molecule has 0 atom stereocenters. The summed E-state index contributed by atoms with van der Waals surface area (Å²) in [6.45, 7) is 3.50. The van der Waals surface area contributed by atoms with E-state index in [9.17, 15) is 18.0 Å². The first-order valence-corrected chi connectivity index (χ1v) is 6.35. The van der Waals surface area contributed by atoms with Crippen LogP contribution in [0.3, 0.4) is 0 Å². The van der Waals surface area contributed by atoms with Gasteiger partial charge < -0.3 is 9.47 Å². The molecule has 120 valence electrons. The normalized spacial score (nSPS) is 10.9. The van der Waals surface area contributed by atoms with Crippen molar-refractivity contribution < 1.29 is 27.4 Å². The molecule has 0 spiro atoms. The van der Waals surface area contributed by atoms with Crippen molar-refractivity contribution in [3.63, 3.8) is 0 Å². The van der Waals surface area contributed by atoms with Crippen LogP contribution in [0, 0.1) is 0 Å². The van der Waals surface area contributed by atoms with Gasteiger partial charge in [-0.2, -0.15) is 13.2 Å². The third-order valence-electron chi connectivity index (χ3n) is 2.58. The number of esters is 1. The van der Waals surface area contributed by atoms with Crippen LogP contribution in [0.25, 0.3) is 0 Å². The number of alkyl halides is 3. The Labute approximate surface area is 129 Å². The highest BCUT2D eigenvalue weighted by Gasteiger charge is 2.33. The van der Waals surface area contributed by atoms with E-state index in [0.717, 1.165) is 6.33 Å². The average molecular weight is 324 g/mol. The number of carbonyl (C=O) groups is 1. The van der Waals surface area contributed by atoms with Gasteiger partial charge in [-0.3, -0.25) is 0 Å². The van der Waals surface area contributed by atoms with Crippen molar-refractivity contribution >= 4 is 5.97 Å². The molecule has 1 aromatic heterocycles. The van der Waals surface area contributed by atoms with Gasteiger partial charge in [0.15, 0.2) is 5.69 Å². The smallest absolute Gasteiger partial charge is 0.433 e. The van der Waals surface area contributed by atoms with Crippen LogP contribution < -0.4 is 4.74 Å². The zero-order valence-electron chi connectivity index (χ0n) is 11.7. The summed E-state index contributed by atoms with van der Waals surface area (Å²) in [4.78, 5) is 18.3. The van der Waals surface area contributed by atoms with Crippen molar-refractivity contribution in [2.75, 3.05) is 6.61 Å². The van der Waals surface area contributed by atoms with Crippen molar-refractivity contribution in [1.29, 1.82) is 0 Å². The van der Waals surface area contributed by atoms with Gasteiger partial charge in [0, 0.05) is 6.07 Å². The van der Waals surface area contributed by atoms with E-state index < -0.39 is 17.8 Å². The number of hydrogen-bond acceptors (Lipinski definition) is 5. The van der Waals surface area contributed by atoms with E-state index in [0.29, 0.717) is 6.07 Å². The summed E-state index contributed by atoms with van der Waals surface area (Å²) < 4.78 is 47.7. The Morgan fingerprint density at radius 3 is 2.52 bits per heavy atom. The first-order valence-electron chi connectivity index (χ1n) is 6.35. The van der Waals surface area contributed by atoms with Crippen molar-refractivity contribution in [3.8, 4) is 11.6 Å². The lowest BCUT2D eigenvalue weighted by molar-refractivity contribution is -0.141. The van der Waals surface area contributed by atoms with Gasteiger partial charge in [0.25, 0.3) is 0 Å². The molecule has 0 amide bonds. The lowest BCUT2D eigenvalue weighted by Crippen LogP contribution is -2.08. The van der Waals surface area contributed by atoms with E-state index in [2.05, 4.69) is 16.5 Å². The molecule has 0 aliphatic carbocycles. The van der Waals surface area contributed by atoms with Crippen molar-refractivity contribution in [2.45, 2.75) is 6.18 Å². The number of nitrogens with zero attached hydrogens (tertiary/aromatic N) is 2. The molecule has 2 rings (SSSR count). The van der Waals surface area contributed by atoms with Gasteiger partial charge in [-0.05, 0) is 24.3 Å². The largest absolute Gasteiger partial charge is 0.458 e. The molecule has 0 radical (unpaired) electrons. The van der Waals surface area contributed by atoms with Gasteiger partial charge in [0.2, 0.25) is 5.88 Å². The number of halogens is 3. The Kier molecular flexibility index (Phi) is 4.95. The molecule has 2 aromatic rings. The van der Waals surface area contributed by atoms with Crippen LogP contribution in [0.15, 0.2) is 49.3 Å². The topological polar surface area (TPSA) is 61.3 Å². The minimum Gasteiger partial charge on any atom is -0.458 e. The molecule has 8 heteroatoms. The molecule has 5 nitrogen and oxygen atoms in total. The summed E-state index contributed by atoms with van der Waals surface area (Å²) in [5.41, 5.74) is -0.829. The van der Waals surface area contributed by atoms with E-state index in [1.165, 1.54) is 30.3 Å². The van der Waals surface area contributed by atoms with Crippen molar-refractivity contribution in [2.24, 2.45) is 0 Å². The summed E-state index contributed by atoms with van der Waals surface area (Å²) in [5.74, 6) is -0.579. The van der Waals surface area contributed by atoms with Crippen LogP contribution in [0.5, 0.6) is 11.6 Å².